The molecule has 1 aliphatic rings. The Hall–Kier alpha value is -2.71. The third kappa shape index (κ3) is 9.20. The van der Waals surface area contributed by atoms with E-state index in [1.807, 2.05) is 0 Å². The quantitative estimate of drug-likeness (QED) is 0.339. The van der Waals surface area contributed by atoms with Crippen molar-refractivity contribution in [1.29, 1.82) is 0 Å². The Labute approximate surface area is 190 Å². The van der Waals surface area contributed by atoms with Gasteiger partial charge in [0.2, 0.25) is 23.5 Å². The maximum Gasteiger partial charge on any atom is 0.290 e. The summed E-state index contributed by atoms with van der Waals surface area (Å²) in [7, 11) is 0. The molecule has 0 bridgehead atoms. The fourth-order valence-corrected chi connectivity index (χ4v) is 3.22. The number of allylic oxidation sites excluding steroid dienone is 1. The van der Waals surface area contributed by atoms with Gasteiger partial charge < -0.3 is 21.3 Å². The molecule has 9 heteroatoms. The van der Waals surface area contributed by atoms with Gasteiger partial charge in [-0.05, 0) is 50.5 Å². The molecule has 0 radical (unpaired) electrons. The maximum absolute atomic E-state index is 12.7. The molecule has 0 aromatic rings. The van der Waals surface area contributed by atoms with Gasteiger partial charge in [-0.2, -0.15) is 0 Å². The minimum absolute atomic E-state index is 0.221. The Bertz CT molecular complexity index is 719. The molecule has 1 rings (SSSR count). The lowest BCUT2D eigenvalue weighted by Gasteiger charge is -2.22. The van der Waals surface area contributed by atoms with Crippen LogP contribution >= 0.6 is 0 Å². The van der Waals surface area contributed by atoms with E-state index >= 15 is 0 Å². The highest BCUT2D eigenvalue weighted by Crippen LogP contribution is 2.09. The van der Waals surface area contributed by atoms with E-state index in [1.54, 1.807) is 19.9 Å². The molecule has 4 amide bonds. The first-order chi connectivity index (χ1) is 15.1. The first-order valence-electron chi connectivity index (χ1n) is 11.5. The topological polar surface area (TPSA) is 133 Å². The van der Waals surface area contributed by atoms with Crippen molar-refractivity contribution in [2.45, 2.75) is 84.8 Å². The molecule has 4 N–H and O–H groups in total. The summed E-state index contributed by atoms with van der Waals surface area (Å²) in [5.41, 5.74) is 0. The highest BCUT2D eigenvalue weighted by Gasteiger charge is 2.31. The van der Waals surface area contributed by atoms with Gasteiger partial charge in [-0.3, -0.25) is 24.0 Å². The highest BCUT2D eigenvalue weighted by atomic mass is 16.2. The van der Waals surface area contributed by atoms with Crippen LogP contribution in [0.4, 0.5) is 0 Å². The van der Waals surface area contributed by atoms with E-state index in [0.717, 1.165) is 19.3 Å². The zero-order chi connectivity index (χ0) is 24.3. The van der Waals surface area contributed by atoms with E-state index in [1.165, 1.54) is 13.0 Å². The monoisotopic (exact) mass is 450 g/mol. The van der Waals surface area contributed by atoms with Crippen molar-refractivity contribution < 1.29 is 24.0 Å². The van der Waals surface area contributed by atoms with Crippen molar-refractivity contribution in [3.8, 4) is 0 Å². The standard InChI is InChI=1S/C23H38N4O5/c1-6-15(4)10-7-8-12-18(28)26-17-11-9-13-24-22(31)19(14(2)3)27-23(32)20(29)16(5)25-21(17)30/h8,12,14-17,19H,6-7,9-11,13H2,1-5H3,(H,24,31)(H,25,30)(H,26,28)(H,27,32)/b12-8+/t15?,16-,17-,19-/m0/s1. The maximum atomic E-state index is 12.7. The Kier molecular flexibility index (Phi) is 11.7. The van der Waals surface area contributed by atoms with Crippen molar-refractivity contribution in [2.24, 2.45) is 11.8 Å². The molecule has 1 unspecified atom stereocenters. The van der Waals surface area contributed by atoms with E-state index in [4.69, 9.17) is 0 Å². The van der Waals surface area contributed by atoms with Crippen LogP contribution in [0.5, 0.6) is 0 Å². The average Bonchev–Trinajstić information content (AvgIpc) is 2.75. The van der Waals surface area contributed by atoms with Crippen LogP contribution in [-0.2, 0) is 24.0 Å². The molecule has 0 aromatic heterocycles. The van der Waals surface area contributed by atoms with Crippen LogP contribution < -0.4 is 21.3 Å². The molecule has 9 nitrogen and oxygen atoms in total. The predicted octanol–water partition coefficient (Wildman–Crippen LogP) is 0.978. The summed E-state index contributed by atoms with van der Waals surface area (Å²) >= 11 is 0. The zero-order valence-corrected chi connectivity index (χ0v) is 19.8. The van der Waals surface area contributed by atoms with Crippen molar-refractivity contribution in [3.05, 3.63) is 12.2 Å². The second-order valence-electron chi connectivity index (χ2n) is 8.78. The second-order valence-corrected chi connectivity index (χ2v) is 8.78. The van der Waals surface area contributed by atoms with Gasteiger partial charge in [-0.1, -0.05) is 40.2 Å². The van der Waals surface area contributed by atoms with Crippen LogP contribution in [0.1, 0.15) is 66.7 Å². The van der Waals surface area contributed by atoms with Crippen molar-refractivity contribution >= 4 is 29.4 Å². The van der Waals surface area contributed by atoms with E-state index in [2.05, 4.69) is 35.1 Å². The Morgan fingerprint density at radius 1 is 1.12 bits per heavy atom. The van der Waals surface area contributed by atoms with E-state index < -0.39 is 47.5 Å². The van der Waals surface area contributed by atoms with Crippen LogP contribution in [0.3, 0.4) is 0 Å². The van der Waals surface area contributed by atoms with Gasteiger partial charge in [0.15, 0.2) is 0 Å². The Morgan fingerprint density at radius 3 is 2.44 bits per heavy atom. The number of carbonyl (C=O) groups excluding carboxylic acids is 5. The first-order valence-corrected chi connectivity index (χ1v) is 11.5. The second kappa shape index (κ2) is 13.6. The molecule has 1 saturated heterocycles. The van der Waals surface area contributed by atoms with Crippen molar-refractivity contribution in [3.63, 3.8) is 0 Å². The first kappa shape index (κ1) is 27.3. The number of Topliss-reactive ketones (excluding diaryl/α,β-unsaturated/α-hetero) is 1. The molecule has 1 fully saturated rings. The highest BCUT2D eigenvalue weighted by molar-refractivity contribution is 6.38. The number of hydrogen-bond donors (Lipinski definition) is 4. The predicted molar refractivity (Wildman–Crippen MR) is 121 cm³/mol. The molecule has 1 heterocycles. The molecule has 1 aliphatic heterocycles. The van der Waals surface area contributed by atoms with E-state index in [-0.39, 0.29) is 18.9 Å². The van der Waals surface area contributed by atoms with Crippen molar-refractivity contribution in [2.75, 3.05) is 6.54 Å². The summed E-state index contributed by atoms with van der Waals surface area (Å²) in [6.45, 7) is 9.46. The molecule has 0 saturated carbocycles. The fraction of sp³-hybridized carbons (Fsp3) is 0.696. The summed E-state index contributed by atoms with van der Waals surface area (Å²) in [5, 5.41) is 10.3. The smallest absolute Gasteiger partial charge is 0.290 e. The van der Waals surface area contributed by atoms with Crippen LogP contribution in [0.25, 0.3) is 0 Å². The largest absolute Gasteiger partial charge is 0.354 e. The molecule has 0 spiro atoms. The van der Waals surface area contributed by atoms with E-state index in [9.17, 15) is 24.0 Å². The SMILES string of the molecule is CCC(C)CC/C=C/C(=O)N[C@H]1CCCNC(=O)[C@H](C(C)C)NC(=O)C(=O)[C@H](C)NC1=O. The molecular formula is C23H38N4O5. The summed E-state index contributed by atoms with van der Waals surface area (Å²) < 4.78 is 0. The number of carbonyl (C=O) groups is 5. The Morgan fingerprint density at radius 2 is 1.81 bits per heavy atom. The third-order valence-electron chi connectivity index (χ3n) is 5.61. The van der Waals surface area contributed by atoms with Gasteiger partial charge in [0, 0.05) is 6.54 Å². The van der Waals surface area contributed by atoms with Gasteiger partial charge in [-0.15, -0.1) is 0 Å². The third-order valence-corrected chi connectivity index (χ3v) is 5.61. The van der Waals surface area contributed by atoms with Crippen LogP contribution in [0.2, 0.25) is 0 Å². The molecule has 180 valence electrons. The van der Waals surface area contributed by atoms with Crippen LogP contribution in [-0.4, -0.2) is 54.1 Å². The average molecular weight is 451 g/mol. The van der Waals surface area contributed by atoms with E-state index in [0.29, 0.717) is 12.3 Å². The fourth-order valence-electron chi connectivity index (χ4n) is 3.22. The van der Waals surface area contributed by atoms with Gasteiger partial charge in [-0.25, -0.2) is 0 Å². The van der Waals surface area contributed by atoms with Crippen LogP contribution in [0, 0.1) is 11.8 Å². The number of rotatable bonds is 7. The minimum Gasteiger partial charge on any atom is -0.354 e. The molecule has 32 heavy (non-hydrogen) atoms. The Balaban J connectivity index is 2.87. The van der Waals surface area contributed by atoms with Crippen molar-refractivity contribution in [1.82, 2.24) is 21.3 Å². The van der Waals surface area contributed by atoms with Gasteiger partial charge >= 0.3 is 0 Å². The lowest BCUT2D eigenvalue weighted by molar-refractivity contribution is -0.141. The molecule has 0 aromatic carbocycles. The van der Waals surface area contributed by atoms with Gasteiger partial charge in [0.05, 0.1) is 6.04 Å². The van der Waals surface area contributed by atoms with Crippen LogP contribution in [0.15, 0.2) is 12.2 Å². The summed E-state index contributed by atoms with van der Waals surface area (Å²) in [6, 6.07) is -2.84. The van der Waals surface area contributed by atoms with Gasteiger partial charge in [0.25, 0.3) is 5.91 Å². The summed E-state index contributed by atoms with van der Waals surface area (Å²) in [6.07, 6.45) is 6.71. The normalized spacial score (nSPS) is 24.6. The number of hydrogen-bond acceptors (Lipinski definition) is 5. The summed E-state index contributed by atoms with van der Waals surface area (Å²) in [5.74, 6) is -2.78. The molecular weight excluding hydrogens is 412 g/mol. The summed E-state index contributed by atoms with van der Waals surface area (Å²) in [4.78, 5) is 62.1. The number of ketones is 1. The number of nitrogens with one attached hydrogen (secondary N) is 4. The van der Waals surface area contributed by atoms with Gasteiger partial charge in [0.1, 0.15) is 12.1 Å². The number of amides is 4. The lowest BCUT2D eigenvalue weighted by atomic mass is 10.0. The lowest BCUT2D eigenvalue weighted by Crippen LogP contribution is -2.55. The molecule has 0 aliphatic carbocycles. The zero-order valence-electron chi connectivity index (χ0n) is 19.8. The molecule has 4 atom stereocenters. The minimum atomic E-state index is -1.09.